The molecule has 0 aliphatic carbocycles. The molecule has 1 aromatic heterocycles. The monoisotopic (exact) mass is 374 g/mol. The van der Waals surface area contributed by atoms with E-state index < -0.39 is 0 Å². The molecule has 0 atom stereocenters. The molecule has 1 fully saturated rings. The second-order valence-electron chi connectivity index (χ2n) is 6.27. The van der Waals surface area contributed by atoms with E-state index in [1.54, 1.807) is 6.07 Å². The summed E-state index contributed by atoms with van der Waals surface area (Å²) in [6.07, 6.45) is 2.64. The highest BCUT2D eigenvalue weighted by Crippen LogP contribution is 2.21. The first kappa shape index (κ1) is 18.5. The Hall–Kier alpha value is -2.34. The van der Waals surface area contributed by atoms with Crippen LogP contribution in [0.25, 0.3) is 0 Å². The van der Waals surface area contributed by atoms with Crippen molar-refractivity contribution in [1.29, 1.82) is 0 Å². The predicted octanol–water partition coefficient (Wildman–Crippen LogP) is 2.78. The van der Waals surface area contributed by atoms with Crippen molar-refractivity contribution in [2.24, 2.45) is 0 Å². The van der Waals surface area contributed by atoms with E-state index in [0.29, 0.717) is 29.9 Å². The van der Waals surface area contributed by atoms with E-state index >= 15 is 0 Å². The van der Waals surface area contributed by atoms with Crippen LogP contribution < -0.4 is 15.0 Å². The fraction of sp³-hybridized carbons (Fsp3) is 0.421. The van der Waals surface area contributed by atoms with Gasteiger partial charge in [-0.2, -0.15) is 4.98 Å². The molecule has 6 nitrogen and oxygen atoms in total. The minimum atomic E-state index is -0.0849. The summed E-state index contributed by atoms with van der Waals surface area (Å²) in [5.41, 5.74) is 0.814. The minimum Gasteiger partial charge on any atom is -0.476 e. The van der Waals surface area contributed by atoms with E-state index in [1.807, 2.05) is 31.2 Å². The van der Waals surface area contributed by atoms with Crippen molar-refractivity contribution in [2.45, 2.75) is 26.2 Å². The third kappa shape index (κ3) is 5.08. The van der Waals surface area contributed by atoms with Gasteiger partial charge in [0.25, 0.3) is 0 Å². The van der Waals surface area contributed by atoms with Crippen molar-refractivity contribution in [3.05, 3.63) is 46.7 Å². The smallest absolute Gasteiger partial charge is 0.224 e. The van der Waals surface area contributed by atoms with Crippen LogP contribution in [0.15, 0.2) is 30.3 Å². The number of aryl methyl sites for hydroxylation is 1. The summed E-state index contributed by atoms with van der Waals surface area (Å²) < 4.78 is 5.69. The molecule has 3 rings (SSSR count). The number of hydrogen-bond donors (Lipinski definition) is 1. The van der Waals surface area contributed by atoms with Crippen LogP contribution in [0.5, 0.6) is 5.88 Å². The van der Waals surface area contributed by atoms with Gasteiger partial charge in [0.1, 0.15) is 18.2 Å². The largest absolute Gasteiger partial charge is 0.476 e. The molecule has 0 saturated carbocycles. The molecule has 0 unspecified atom stereocenters. The van der Waals surface area contributed by atoms with Crippen molar-refractivity contribution in [3.8, 4) is 5.88 Å². The van der Waals surface area contributed by atoms with Crippen LogP contribution in [-0.4, -0.2) is 42.1 Å². The molecule has 0 radical (unpaired) electrons. The summed E-state index contributed by atoms with van der Waals surface area (Å²) in [4.78, 5) is 23.0. The van der Waals surface area contributed by atoms with E-state index in [0.717, 1.165) is 24.5 Å². The summed E-state index contributed by atoms with van der Waals surface area (Å²) in [7, 11) is 0. The molecule has 2 heterocycles. The highest BCUT2D eigenvalue weighted by molar-refractivity contribution is 6.31. The number of hydrogen-bond acceptors (Lipinski definition) is 5. The number of nitrogens with zero attached hydrogens (tertiary/aromatic N) is 3. The lowest BCUT2D eigenvalue weighted by Gasteiger charge is -2.17. The van der Waals surface area contributed by atoms with Gasteiger partial charge in [-0.25, -0.2) is 4.98 Å². The molecule has 0 bridgehead atoms. The first-order valence-electron chi connectivity index (χ1n) is 8.85. The molecule has 1 aliphatic heterocycles. The van der Waals surface area contributed by atoms with E-state index in [4.69, 9.17) is 16.3 Å². The lowest BCUT2D eigenvalue weighted by atomic mass is 10.1. The van der Waals surface area contributed by atoms with Gasteiger partial charge in [-0.1, -0.05) is 29.8 Å². The first-order valence-corrected chi connectivity index (χ1v) is 9.23. The fourth-order valence-electron chi connectivity index (χ4n) is 2.93. The maximum Gasteiger partial charge on any atom is 0.224 e. The quantitative estimate of drug-likeness (QED) is 0.755. The van der Waals surface area contributed by atoms with E-state index in [9.17, 15) is 4.79 Å². The zero-order valence-electron chi connectivity index (χ0n) is 14.9. The second-order valence-corrected chi connectivity index (χ2v) is 6.68. The molecular weight excluding hydrogens is 352 g/mol. The Morgan fingerprint density at radius 1 is 1.27 bits per heavy atom. The Morgan fingerprint density at radius 2 is 2.04 bits per heavy atom. The topological polar surface area (TPSA) is 67.3 Å². The standard InChI is InChI=1S/C19H23ClN4O2/c1-14-22-17(24-9-4-5-10-24)13-19(23-14)26-11-8-21-18(25)12-15-6-2-3-7-16(15)20/h2-3,6-7,13H,4-5,8-12H2,1H3,(H,21,25). The van der Waals surface area contributed by atoms with Gasteiger partial charge in [0, 0.05) is 24.2 Å². The van der Waals surface area contributed by atoms with Crippen LogP contribution in [-0.2, 0) is 11.2 Å². The number of ether oxygens (including phenoxy) is 1. The molecule has 7 heteroatoms. The Balaban J connectivity index is 1.46. The fourth-order valence-corrected chi connectivity index (χ4v) is 3.13. The molecule has 0 spiro atoms. The first-order chi connectivity index (χ1) is 12.6. The molecule has 138 valence electrons. The summed E-state index contributed by atoms with van der Waals surface area (Å²) in [6.45, 7) is 4.66. The lowest BCUT2D eigenvalue weighted by Crippen LogP contribution is -2.29. The number of benzene rings is 1. The summed E-state index contributed by atoms with van der Waals surface area (Å²) in [5.74, 6) is 2.05. The Labute approximate surface area is 158 Å². The van der Waals surface area contributed by atoms with E-state index in [1.165, 1.54) is 12.8 Å². The lowest BCUT2D eigenvalue weighted by molar-refractivity contribution is -0.120. The van der Waals surface area contributed by atoms with Gasteiger partial charge in [-0.05, 0) is 31.4 Å². The molecule has 26 heavy (non-hydrogen) atoms. The predicted molar refractivity (Wildman–Crippen MR) is 102 cm³/mol. The number of rotatable bonds is 7. The van der Waals surface area contributed by atoms with Crippen molar-refractivity contribution in [1.82, 2.24) is 15.3 Å². The van der Waals surface area contributed by atoms with Gasteiger partial charge in [0.2, 0.25) is 11.8 Å². The summed E-state index contributed by atoms with van der Waals surface area (Å²) >= 11 is 6.07. The molecule has 1 aromatic carbocycles. The molecule has 1 aliphatic rings. The average Bonchev–Trinajstić information content (AvgIpc) is 3.15. The van der Waals surface area contributed by atoms with E-state index in [-0.39, 0.29) is 12.3 Å². The molecule has 2 aromatic rings. The normalized spacial score (nSPS) is 13.7. The molecule has 1 amide bonds. The average molecular weight is 375 g/mol. The highest BCUT2D eigenvalue weighted by Gasteiger charge is 2.15. The second kappa shape index (κ2) is 8.85. The zero-order valence-corrected chi connectivity index (χ0v) is 15.6. The number of amides is 1. The van der Waals surface area contributed by atoms with Gasteiger partial charge in [0.05, 0.1) is 13.0 Å². The number of nitrogens with one attached hydrogen (secondary N) is 1. The van der Waals surface area contributed by atoms with Crippen LogP contribution in [0.1, 0.15) is 24.2 Å². The van der Waals surface area contributed by atoms with Crippen LogP contribution in [0.4, 0.5) is 5.82 Å². The van der Waals surface area contributed by atoms with Crippen LogP contribution in [0, 0.1) is 6.92 Å². The number of carbonyl (C=O) groups is 1. The van der Waals surface area contributed by atoms with Crippen molar-refractivity contribution in [2.75, 3.05) is 31.1 Å². The maximum absolute atomic E-state index is 12.0. The summed E-state index contributed by atoms with van der Waals surface area (Å²) in [5, 5.41) is 3.44. The van der Waals surface area contributed by atoms with Gasteiger partial charge in [0.15, 0.2) is 0 Å². The SMILES string of the molecule is Cc1nc(OCCNC(=O)Cc2ccccc2Cl)cc(N2CCCC2)n1. The van der Waals surface area contributed by atoms with Crippen LogP contribution in [0.3, 0.4) is 0 Å². The number of aromatic nitrogens is 2. The third-order valence-corrected chi connectivity index (χ3v) is 4.58. The molecular formula is C19H23ClN4O2. The van der Waals surface area contributed by atoms with Gasteiger partial charge in [-0.15, -0.1) is 0 Å². The summed E-state index contributed by atoms with van der Waals surface area (Å²) in [6, 6.07) is 9.21. The number of anilines is 1. The van der Waals surface area contributed by atoms with Crippen molar-refractivity contribution in [3.63, 3.8) is 0 Å². The number of carbonyl (C=O) groups excluding carboxylic acids is 1. The molecule has 1 N–H and O–H groups in total. The Bertz CT molecular complexity index is 763. The minimum absolute atomic E-state index is 0.0849. The maximum atomic E-state index is 12.0. The van der Waals surface area contributed by atoms with Crippen LogP contribution in [0.2, 0.25) is 5.02 Å². The highest BCUT2D eigenvalue weighted by atomic mass is 35.5. The van der Waals surface area contributed by atoms with E-state index in [2.05, 4.69) is 20.2 Å². The third-order valence-electron chi connectivity index (χ3n) is 4.21. The Morgan fingerprint density at radius 3 is 2.81 bits per heavy atom. The Kier molecular flexibility index (Phi) is 6.28. The zero-order chi connectivity index (χ0) is 18.4. The van der Waals surface area contributed by atoms with Crippen molar-refractivity contribution < 1.29 is 9.53 Å². The van der Waals surface area contributed by atoms with Gasteiger partial charge >= 0.3 is 0 Å². The van der Waals surface area contributed by atoms with Gasteiger partial charge in [-0.3, -0.25) is 4.79 Å². The van der Waals surface area contributed by atoms with Crippen LogP contribution >= 0.6 is 11.6 Å². The molecule has 1 saturated heterocycles. The number of halogens is 1. The van der Waals surface area contributed by atoms with Gasteiger partial charge < -0.3 is 15.0 Å². The van der Waals surface area contributed by atoms with Crippen molar-refractivity contribution >= 4 is 23.3 Å².